The molecular formula is C8H11N2O3S. The fourth-order valence-electron chi connectivity index (χ4n) is 2.02. The molecule has 3 atom stereocenters. The number of hydrogen-bond donors (Lipinski definition) is 1. The molecule has 5 nitrogen and oxygen atoms in total. The van der Waals surface area contributed by atoms with Crippen molar-refractivity contribution in [1.29, 1.82) is 0 Å². The molecule has 0 aromatic rings. The van der Waals surface area contributed by atoms with Crippen LogP contribution in [0, 0.1) is 0 Å². The van der Waals surface area contributed by atoms with Crippen LogP contribution in [-0.4, -0.2) is 39.0 Å². The monoisotopic (exact) mass is 215 g/mol. The molecule has 2 aliphatic rings. The van der Waals surface area contributed by atoms with Gasteiger partial charge in [0.05, 0.1) is 0 Å². The number of thioether (sulfide) groups is 1. The maximum Gasteiger partial charge on any atom is 0.379 e. The molecule has 2 saturated heterocycles. The van der Waals surface area contributed by atoms with Crippen LogP contribution in [0.25, 0.3) is 0 Å². The molecule has 2 heterocycles. The third-order valence-electron chi connectivity index (χ3n) is 2.71. The van der Waals surface area contributed by atoms with Gasteiger partial charge in [0, 0.05) is 4.75 Å². The van der Waals surface area contributed by atoms with Gasteiger partial charge in [0.2, 0.25) is 5.91 Å². The Morgan fingerprint density at radius 2 is 2.14 bits per heavy atom. The van der Waals surface area contributed by atoms with E-state index in [1.165, 1.54) is 16.7 Å². The smallest absolute Gasteiger partial charge is 0.317 e. The van der Waals surface area contributed by atoms with Crippen LogP contribution in [0.5, 0.6) is 0 Å². The quantitative estimate of drug-likeness (QED) is 0.588. The molecule has 14 heavy (non-hydrogen) atoms. The molecular weight excluding hydrogens is 204 g/mol. The van der Waals surface area contributed by atoms with Crippen molar-refractivity contribution in [1.82, 2.24) is 4.90 Å². The lowest BCUT2D eigenvalue weighted by molar-refractivity contribution is -0.162. The van der Waals surface area contributed by atoms with Gasteiger partial charge in [-0.1, -0.05) is 0 Å². The van der Waals surface area contributed by atoms with Gasteiger partial charge in [0.25, 0.3) is 0 Å². The second-order valence-corrected chi connectivity index (χ2v) is 5.88. The average molecular weight is 215 g/mol. The first-order valence-electron chi connectivity index (χ1n) is 4.32. The number of nitrogens with two attached hydrogens (primary N) is 1. The summed E-state index contributed by atoms with van der Waals surface area (Å²) in [5.41, 5.74) is 5.57. The molecule has 6 heteroatoms. The van der Waals surface area contributed by atoms with E-state index < -0.39 is 22.8 Å². The minimum atomic E-state index is -1.20. The van der Waals surface area contributed by atoms with Crippen molar-refractivity contribution in [2.24, 2.45) is 5.73 Å². The fourth-order valence-corrected chi connectivity index (χ4v) is 3.59. The third-order valence-corrected chi connectivity index (χ3v) is 4.30. The topological polar surface area (TPSA) is 83.3 Å². The molecule has 2 aliphatic heterocycles. The summed E-state index contributed by atoms with van der Waals surface area (Å²) in [6.07, 6.45) is 0. The Morgan fingerprint density at radius 1 is 1.57 bits per heavy atom. The number of rotatable bonds is 1. The molecule has 0 aromatic heterocycles. The zero-order valence-electron chi connectivity index (χ0n) is 7.89. The van der Waals surface area contributed by atoms with E-state index in [0.29, 0.717) is 0 Å². The predicted molar refractivity (Wildman–Crippen MR) is 49.8 cm³/mol. The lowest BCUT2D eigenvalue weighted by Gasteiger charge is -2.41. The Morgan fingerprint density at radius 3 is 2.64 bits per heavy atom. The number of hydrogen-bond acceptors (Lipinski definition) is 4. The summed E-state index contributed by atoms with van der Waals surface area (Å²) in [7, 11) is 0. The maximum absolute atomic E-state index is 11.3. The van der Waals surface area contributed by atoms with Crippen LogP contribution >= 0.6 is 11.8 Å². The van der Waals surface area contributed by atoms with Gasteiger partial charge >= 0.3 is 5.97 Å². The number of carbonyl (C=O) groups is 2. The van der Waals surface area contributed by atoms with Crippen LogP contribution in [0.3, 0.4) is 0 Å². The van der Waals surface area contributed by atoms with E-state index in [1.807, 2.05) is 0 Å². The largest absolute Gasteiger partial charge is 0.379 e. The van der Waals surface area contributed by atoms with Crippen molar-refractivity contribution in [2.45, 2.75) is 36.1 Å². The van der Waals surface area contributed by atoms with Gasteiger partial charge in [-0.25, -0.2) is 9.90 Å². The normalized spacial score (nSPS) is 39.2. The minimum absolute atomic E-state index is 0.194. The van der Waals surface area contributed by atoms with Crippen molar-refractivity contribution < 1.29 is 14.7 Å². The van der Waals surface area contributed by atoms with Crippen molar-refractivity contribution in [3.8, 4) is 0 Å². The van der Waals surface area contributed by atoms with Gasteiger partial charge in [-0.15, -0.1) is 11.8 Å². The molecule has 0 bridgehead atoms. The van der Waals surface area contributed by atoms with Crippen LogP contribution in [0.4, 0.5) is 0 Å². The molecule has 2 N–H and O–H groups in total. The standard InChI is InChI=1S/C8H11N2O3S/c1-8(2)4(7(12)13)10-5(11)3(9)6(10)14-8/h3-4,6H,9H2,1-2H3/t3?,4-,6+/m0/s1. The zero-order valence-corrected chi connectivity index (χ0v) is 8.71. The van der Waals surface area contributed by atoms with Gasteiger partial charge < -0.3 is 10.6 Å². The Kier molecular flexibility index (Phi) is 1.84. The van der Waals surface area contributed by atoms with Crippen LogP contribution in [-0.2, 0) is 14.7 Å². The summed E-state index contributed by atoms with van der Waals surface area (Å²) in [4.78, 5) is 23.6. The van der Waals surface area contributed by atoms with Crippen LogP contribution in [0.1, 0.15) is 13.8 Å². The highest BCUT2D eigenvalue weighted by atomic mass is 32.2. The first kappa shape index (κ1) is 9.79. The van der Waals surface area contributed by atoms with Crippen molar-refractivity contribution >= 4 is 23.6 Å². The third kappa shape index (κ3) is 1.01. The molecule has 0 saturated carbocycles. The summed E-state index contributed by atoms with van der Waals surface area (Å²) in [5.74, 6) is -1.49. The van der Waals surface area contributed by atoms with Gasteiger partial charge in [-0.05, 0) is 13.8 Å². The fraction of sp³-hybridized carbons (Fsp3) is 0.750. The highest BCUT2D eigenvalue weighted by molar-refractivity contribution is 8.01. The summed E-state index contributed by atoms with van der Waals surface area (Å²) < 4.78 is -0.521. The molecule has 1 unspecified atom stereocenters. The van der Waals surface area contributed by atoms with Gasteiger partial charge in [-0.2, -0.15) is 0 Å². The Bertz CT molecular complexity index is 318. The van der Waals surface area contributed by atoms with Crippen LogP contribution in [0.2, 0.25) is 0 Å². The van der Waals surface area contributed by atoms with Gasteiger partial charge in [0.15, 0.2) is 0 Å². The predicted octanol–water partition coefficient (Wildman–Crippen LogP) is -0.667. The molecule has 1 amide bonds. The molecule has 0 spiro atoms. The van der Waals surface area contributed by atoms with E-state index >= 15 is 0 Å². The van der Waals surface area contributed by atoms with Gasteiger partial charge in [-0.3, -0.25) is 4.79 Å². The van der Waals surface area contributed by atoms with E-state index in [9.17, 15) is 14.7 Å². The highest BCUT2D eigenvalue weighted by Gasteiger charge is 2.63. The molecule has 1 radical (unpaired) electrons. The summed E-state index contributed by atoms with van der Waals surface area (Å²) in [6.45, 7) is 3.58. The highest BCUT2D eigenvalue weighted by Crippen LogP contribution is 2.50. The number of β-lactam (4-membered cyclic amide) rings is 1. The zero-order chi connectivity index (χ0) is 10.7. The SMILES string of the molecule is CC1(C)S[C@@H]2C(N)C(=O)N2[C@H]1C([O])=O. The van der Waals surface area contributed by atoms with Crippen molar-refractivity contribution in [3.63, 3.8) is 0 Å². The van der Waals surface area contributed by atoms with E-state index in [1.54, 1.807) is 13.8 Å². The number of nitrogens with zero attached hydrogens (tertiary/aromatic N) is 1. The molecule has 0 aliphatic carbocycles. The van der Waals surface area contributed by atoms with E-state index in [-0.39, 0.29) is 11.3 Å². The Balaban J connectivity index is 2.32. The average Bonchev–Trinajstić information content (AvgIpc) is 2.34. The summed E-state index contributed by atoms with van der Waals surface area (Å²) in [6, 6.07) is -1.41. The molecule has 2 fully saturated rings. The second kappa shape index (κ2) is 2.64. The number of amides is 1. The summed E-state index contributed by atoms with van der Waals surface area (Å²) in [5, 5.41) is 10.7. The van der Waals surface area contributed by atoms with Crippen molar-refractivity contribution in [3.05, 3.63) is 0 Å². The first-order chi connectivity index (χ1) is 6.36. The van der Waals surface area contributed by atoms with E-state index in [0.717, 1.165) is 0 Å². The van der Waals surface area contributed by atoms with Gasteiger partial charge in [0.1, 0.15) is 17.5 Å². The van der Waals surface area contributed by atoms with E-state index in [4.69, 9.17) is 5.73 Å². The van der Waals surface area contributed by atoms with Crippen LogP contribution < -0.4 is 5.73 Å². The maximum atomic E-state index is 11.3. The van der Waals surface area contributed by atoms with Crippen molar-refractivity contribution in [2.75, 3.05) is 0 Å². The number of fused-ring (bicyclic) bond motifs is 1. The minimum Gasteiger partial charge on any atom is -0.317 e. The lowest BCUT2D eigenvalue weighted by Crippen LogP contribution is -2.68. The lowest BCUT2D eigenvalue weighted by atomic mass is 9.96. The first-order valence-corrected chi connectivity index (χ1v) is 5.20. The molecule has 2 rings (SSSR count). The summed E-state index contributed by atoms with van der Waals surface area (Å²) >= 11 is 1.43. The molecule has 77 valence electrons. The number of carbonyl (C=O) groups excluding carboxylic acids is 2. The van der Waals surface area contributed by atoms with Crippen LogP contribution in [0.15, 0.2) is 0 Å². The Hall–Kier alpha value is -0.750. The molecule has 0 aromatic carbocycles. The van der Waals surface area contributed by atoms with E-state index in [2.05, 4.69) is 0 Å². The second-order valence-electron chi connectivity index (χ2n) is 4.10. The Labute approximate surface area is 85.6 Å².